The molecule has 9 heteroatoms. The SMILES string of the molecule is COC(=O)CCCNS(=O)(=O)c1c(F)cc(F)cc1Br. The molecule has 0 saturated heterocycles. The molecule has 0 fully saturated rings. The minimum Gasteiger partial charge on any atom is -0.469 e. The van der Waals surface area contributed by atoms with Crippen LogP contribution in [0.5, 0.6) is 0 Å². The number of esters is 1. The van der Waals surface area contributed by atoms with Crippen molar-refractivity contribution in [3.63, 3.8) is 0 Å². The summed E-state index contributed by atoms with van der Waals surface area (Å²) in [5.41, 5.74) is 0. The Morgan fingerprint density at radius 1 is 1.40 bits per heavy atom. The van der Waals surface area contributed by atoms with Gasteiger partial charge in [-0.15, -0.1) is 0 Å². The maximum atomic E-state index is 13.5. The van der Waals surface area contributed by atoms with Crippen molar-refractivity contribution in [2.75, 3.05) is 13.7 Å². The Morgan fingerprint density at radius 3 is 2.60 bits per heavy atom. The van der Waals surface area contributed by atoms with Gasteiger partial charge >= 0.3 is 5.97 Å². The molecule has 0 atom stereocenters. The summed E-state index contributed by atoms with van der Waals surface area (Å²) in [5, 5.41) is 0. The van der Waals surface area contributed by atoms with Crippen molar-refractivity contribution in [1.82, 2.24) is 4.72 Å². The summed E-state index contributed by atoms with van der Waals surface area (Å²) in [4.78, 5) is 10.2. The number of nitrogens with one attached hydrogen (secondary N) is 1. The van der Waals surface area contributed by atoms with Crippen LogP contribution >= 0.6 is 15.9 Å². The Hall–Kier alpha value is -1.06. The highest BCUT2D eigenvalue weighted by Gasteiger charge is 2.23. The number of halogens is 3. The normalized spacial score (nSPS) is 11.4. The van der Waals surface area contributed by atoms with Crippen LogP contribution in [0, 0.1) is 11.6 Å². The Balaban J connectivity index is 2.77. The van der Waals surface area contributed by atoms with E-state index >= 15 is 0 Å². The third-order valence-electron chi connectivity index (χ3n) is 2.31. The molecular weight excluding hydrogens is 360 g/mol. The second kappa shape index (κ2) is 7.09. The van der Waals surface area contributed by atoms with Gasteiger partial charge < -0.3 is 4.74 Å². The minimum absolute atomic E-state index is 0.0338. The molecule has 112 valence electrons. The van der Waals surface area contributed by atoms with E-state index in [1.165, 1.54) is 7.11 Å². The predicted molar refractivity (Wildman–Crippen MR) is 70.5 cm³/mol. The highest BCUT2D eigenvalue weighted by atomic mass is 79.9. The first-order valence-corrected chi connectivity index (χ1v) is 7.76. The van der Waals surface area contributed by atoms with Crippen LogP contribution in [-0.2, 0) is 19.6 Å². The fourth-order valence-corrected chi connectivity index (χ4v) is 3.64. The standard InChI is InChI=1S/C11H12BrF2NO4S/c1-19-10(16)3-2-4-15-20(17,18)11-8(12)5-7(13)6-9(11)14/h5-6,15H,2-4H2,1H3. The highest BCUT2D eigenvalue weighted by Crippen LogP contribution is 2.26. The topological polar surface area (TPSA) is 72.5 Å². The molecule has 0 unspecified atom stereocenters. The first-order valence-electron chi connectivity index (χ1n) is 5.49. The fraction of sp³-hybridized carbons (Fsp3) is 0.364. The number of ether oxygens (including phenoxy) is 1. The first kappa shape index (κ1) is 17.0. The zero-order chi connectivity index (χ0) is 15.3. The van der Waals surface area contributed by atoms with Crippen molar-refractivity contribution in [2.24, 2.45) is 0 Å². The summed E-state index contributed by atoms with van der Waals surface area (Å²) in [6, 6.07) is 1.33. The summed E-state index contributed by atoms with van der Waals surface area (Å²) < 4.78 is 56.5. The molecule has 0 radical (unpaired) electrons. The molecule has 0 heterocycles. The molecule has 0 aliphatic heterocycles. The molecule has 1 aromatic rings. The van der Waals surface area contributed by atoms with Gasteiger partial charge in [0.2, 0.25) is 10.0 Å². The van der Waals surface area contributed by atoms with Gasteiger partial charge in [-0.2, -0.15) is 0 Å². The molecule has 0 bridgehead atoms. The number of carbonyl (C=O) groups is 1. The van der Waals surface area contributed by atoms with Crippen LogP contribution in [0.3, 0.4) is 0 Å². The Labute approximate surface area is 123 Å². The summed E-state index contributed by atoms with van der Waals surface area (Å²) in [6.07, 6.45) is 0.235. The molecule has 1 aromatic carbocycles. The Bertz CT molecular complexity index is 583. The third kappa shape index (κ3) is 4.50. The van der Waals surface area contributed by atoms with E-state index < -0.39 is 32.5 Å². The van der Waals surface area contributed by atoms with E-state index in [0.717, 1.165) is 6.07 Å². The molecule has 0 amide bonds. The van der Waals surface area contributed by atoms with Gasteiger partial charge in [-0.25, -0.2) is 21.9 Å². The summed E-state index contributed by atoms with van der Waals surface area (Å²) in [7, 11) is -2.91. The van der Waals surface area contributed by atoms with Crippen molar-refractivity contribution in [3.8, 4) is 0 Å². The third-order valence-corrected chi connectivity index (χ3v) is 4.73. The van der Waals surface area contributed by atoms with Gasteiger partial charge in [0.05, 0.1) is 7.11 Å². The predicted octanol–water partition coefficient (Wildman–Crippen LogP) is 1.96. The number of rotatable bonds is 6. The van der Waals surface area contributed by atoms with Crippen LogP contribution < -0.4 is 4.72 Å². The average Bonchev–Trinajstić information content (AvgIpc) is 2.32. The lowest BCUT2D eigenvalue weighted by Crippen LogP contribution is -2.26. The van der Waals surface area contributed by atoms with Crippen LogP contribution in [-0.4, -0.2) is 28.0 Å². The van der Waals surface area contributed by atoms with Gasteiger partial charge in [0, 0.05) is 23.5 Å². The van der Waals surface area contributed by atoms with E-state index in [2.05, 4.69) is 25.4 Å². The molecule has 5 nitrogen and oxygen atoms in total. The molecule has 0 spiro atoms. The molecule has 0 aliphatic rings. The zero-order valence-corrected chi connectivity index (χ0v) is 12.9. The van der Waals surface area contributed by atoms with Crippen LogP contribution in [0.4, 0.5) is 8.78 Å². The number of hydrogen-bond donors (Lipinski definition) is 1. The van der Waals surface area contributed by atoms with E-state index in [1.807, 2.05) is 0 Å². The van der Waals surface area contributed by atoms with E-state index in [0.29, 0.717) is 6.07 Å². The first-order chi connectivity index (χ1) is 9.27. The minimum atomic E-state index is -4.13. The van der Waals surface area contributed by atoms with Gasteiger partial charge in [0.15, 0.2) is 0 Å². The summed E-state index contributed by atoms with van der Waals surface area (Å²) >= 11 is 2.80. The van der Waals surface area contributed by atoms with Gasteiger partial charge in [-0.1, -0.05) is 0 Å². The van der Waals surface area contributed by atoms with Gasteiger partial charge in [-0.05, 0) is 28.4 Å². The summed E-state index contributed by atoms with van der Waals surface area (Å²) in [6.45, 7) is -0.0688. The second-order valence-corrected chi connectivity index (χ2v) is 6.33. The number of methoxy groups -OCH3 is 1. The van der Waals surface area contributed by atoms with Gasteiger partial charge in [0.25, 0.3) is 0 Å². The van der Waals surface area contributed by atoms with E-state index in [4.69, 9.17) is 0 Å². The van der Waals surface area contributed by atoms with E-state index in [-0.39, 0.29) is 23.9 Å². The van der Waals surface area contributed by atoms with Crippen molar-refractivity contribution in [3.05, 3.63) is 28.2 Å². The number of carbonyl (C=O) groups excluding carboxylic acids is 1. The largest absolute Gasteiger partial charge is 0.469 e. The molecule has 0 saturated carbocycles. The quantitative estimate of drug-likeness (QED) is 0.612. The molecule has 20 heavy (non-hydrogen) atoms. The van der Waals surface area contributed by atoms with Crippen molar-refractivity contribution >= 4 is 31.9 Å². The average molecular weight is 372 g/mol. The second-order valence-electron chi connectivity index (χ2n) is 3.78. The number of sulfonamides is 1. The molecular formula is C11H12BrF2NO4S. The van der Waals surface area contributed by atoms with Crippen LogP contribution in [0.1, 0.15) is 12.8 Å². The monoisotopic (exact) mass is 371 g/mol. The highest BCUT2D eigenvalue weighted by molar-refractivity contribution is 9.10. The molecule has 1 N–H and O–H groups in total. The maximum Gasteiger partial charge on any atom is 0.305 e. The Morgan fingerprint density at radius 2 is 2.05 bits per heavy atom. The molecule has 0 aromatic heterocycles. The number of hydrogen-bond acceptors (Lipinski definition) is 4. The Kier molecular flexibility index (Phi) is 6.03. The summed E-state index contributed by atoms with van der Waals surface area (Å²) in [5.74, 6) is -2.56. The molecule has 0 aliphatic carbocycles. The van der Waals surface area contributed by atoms with Crippen LogP contribution in [0.25, 0.3) is 0 Å². The fourth-order valence-electron chi connectivity index (χ4n) is 1.40. The van der Waals surface area contributed by atoms with Gasteiger partial charge in [-0.3, -0.25) is 4.79 Å². The lowest BCUT2D eigenvalue weighted by Gasteiger charge is -2.09. The lowest BCUT2D eigenvalue weighted by molar-refractivity contribution is -0.140. The van der Waals surface area contributed by atoms with Gasteiger partial charge in [0.1, 0.15) is 16.5 Å². The maximum absolute atomic E-state index is 13.5. The zero-order valence-electron chi connectivity index (χ0n) is 10.5. The smallest absolute Gasteiger partial charge is 0.305 e. The van der Waals surface area contributed by atoms with E-state index in [9.17, 15) is 22.0 Å². The van der Waals surface area contributed by atoms with Crippen LogP contribution in [0.15, 0.2) is 21.5 Å². The van der Waals surface area contributed by atoms with Crippen molar-refractivity contribution in [1.29, 1.82) is 0 Å². The lowest BCUT2D eigenvalue weighted by atomic mass is 10.3. The van der Waals surface area contributed by atoms with Crippen molar-refractivity contribution in [2.45, 2.75) is 17.7 Å². The van der Waals surface area contributed by atoms with E-state index in [1.54, 1.807) is 0 Å². The number of benzene rings is 1. The van der Waals surface area contributed by atoms with Crippen molar-refractivity contribution < 1.29 is 26.7 Å². The molecule has 1 rings (SSSR count). The van der Waals surface area contributed by atoms with Crippen LogP contribution in [0.2, 0.25) is 0 Å².